The molecule has 1 saturated heterocycles. The largest absolute Gasteiger partial charge is 0.298 e. The van der Waals surface area contributed by atoms with E-state index >= 15 is 0 Å². The van der Waals surface area contributed by atoms with Gasteiger partial charge >= 0.3 is 0 Å². The molecule has 0 unspecified atom stereocenters. The molecule has 1 N–H and O–H groups in total. The number of H-pyrrole nitrogens is 1. The second-order valence-electron chi connectivity index (χ2n) is 7.29. The van der Waals surface area contributed by atoms with Gasteiger partial charge < -0.3 is 0 Å². The summed E-state index contributed by atoms with van der Waals surface area (Å²) in [5.41, 5.74) is 1.77. The number of nitrogens with zero attached hydrogens (tertiary/aromatic N) is 3. The van der Waals surface area contributed by atoms with Crippen LogP contribution in [0.1, 0.15) is 37.8 Å². The average Bonchev–Trinajstić information content (AvgIpc) is 3.32. The van der Waals surface area contributed by atoms with Gasteiger partial charge in [0.25, 0.3) is 10.0 Å². The van der Waals surface area contributed by atoms with Crippen molar-refractivity contribution in [2.45, 2.75) is 49.3 Å². The van der Waals surface area contributed by atoms with E-state index in [0.29, 0.717) is 23.3 Å². The van der Waals surface area contributed by atoms with Gasteiger partial charge in [-0.3, -0.25) is 10.00 Å². The summed E-state index contributed by atoms with van der Waals surface area (Å²) in [6, 6.07) is 6.16. The van der Waals surface area contributed by atoms with Gasteiger partial charge in [0, 0.05) is 37.9 Å². The van der Waals surface area contributed by atoms with E-state index in [9.17, 15) is 8.42 Å². The molecule has 0 radical (unpaired) electrons. The van der Waals surface area contributed by atoms with Crippen molar-refractivity contribution in [1.29, 1.82) is 0 Å². The lowest BCUT2D eigenvalue weighted by atomic mass is 9.94. The molecule has 2 aliphatic rings. The average molecular weight is 395 g/mol. The van der Waals surface area contributed by atoms with E-state index in [0.717, 1.165) is 29.4 Å². The van der Waals surface area contributed by atoms with Crippen molar-refractivity contribution in [2.75, 3.05) is 26.2 Å². The number of aryl methyl sites for hydroxylation is 1. The van der Waals surface area contributed by atoms with Crippen LogP contribution in [0.4, 0.5) is 0 Å². The first kappa shape index (κ1) is 18.2. The predicted molar refractivity (Wildman–Crippen MR) is 104 cm³/mol. The number of hydrogen-bond donors (Lipinski definition) is 1. The lowest BCUT2D eigenvalue weighted by Gasteiger charge is -2.40. The zero-order chi connectivity index (χ0) is 18.1. The van der Waals surface area contributed by atoms with Crippen molar-refractivity contribution in [2.24, 2.45) is 0 Å². The minimum atomic E-state index is -3.41. The minimum absolute atomic E-state index is 0.416. The second kappa shape index (κ2) is 7.42. The molecule has 4 rings (SSSR count). The van der Waals surface area contributed by atoms with Crippen LogP contribution in [0.25, 0.3) is 10.6 Å². The maximum absolute atomic E-state index is 13.0. The van der Waals surface area contributed by atoms with E-state index in [4.69, 9.17) is 0 Å². The molecule has 142 valence electrons. The smallest absolute Gasteiger partial charge is 0.252 e. The van der Waals surface area contributed by atoms with Crippen LogP contribution in [0.15, 0.2) is 22.4 Å². The molecule has 0 aromatic carbocycles. The Bertz CT molecular complexity index is 844. The van der Waals surface area contributed by atoms with E-state index < -0.39 is 10.0 Å². The van der Waals surface area contributed by atoms with E-state index in [1.54, 1.807) is 10.4 Å². The summed E-state index contributed by atoms with van der Waals surface area (Å²) in [5.74, 6) is 0. The van der Waals surface area contributed by atoms with Crippen molar-refractivity contribution in [3.8, 4) is 10.6 Å². The maximum Gasteiger partial charge on any atom is 0.252 e. The standard InChI is InChI=1S/C18H26N4O2S2/c1-14-13-16(20-19-14)17-7-8-18(25-17)26(23,24)22-11-9-21(10-12-22)15-5-3-2-4-6-15/h7-8,13,15H,2-6,9-12H2,1H3,(H,19,20). The van der Waals surface area contributed by atoms with Gasteiger partial charge in [-0.25, -0.2) is 8.42 Å². The number of sulfonamides is 1. The highest BCUT2D eigenvalue weighted by molar-refractivity contribution is 7.91. The molecule has 6 nitrogen and oxygen atoms in total. The highest BCUT2D eigenvalue weighted by Crippen LogP contribution is 2.32. The Morgan fingerprint density at radius 3 is 2.50 bits per heavy atom. The fourth-order valence-corrected chi connectivity index (χ4v) is 6.87. The maximum atomic E-state index is 13.0. The van der Waals surface area contributed by atoms with Crippen molar-refractivity contribution in [3.63, 3.8) is 0 Å². The van der Waals surface area contributed by atoms with Gasteiger partial charge in [0.15, 0.2) is 0 Å². The SMILES string of the molecule is Cc1cc(-c2ccc(S(=O)(=O)N3CCN(C4CCCCC4)CC3)s2)n[nH]1. The van der Waals surface area contributed by atoms with Gasteiger partial charge in [0.1, 0.15) is 9.90 Å². The van der Waals surface area contributed by atoms with Crippen LogP contribution in [0.5, 0.6) is 0 Å². The number of rotatable bonds is 4. The number of hydrogen-bond acceptors (Lipinski definition) is 5. The summed E-state index contributed by atoms with van der Waals surface area (Å²) in [4.78, 5) is 3.38. The first-order valence-electron chi connectivity index (χ1n) is 9.40. The summed E-state index contributed by atoms with van der Waals surface area (Å²) < 4.78 is 28.1. The number of nitrogens with one attached hydrogen (secondary N) is 1. The third-order valence-corrected chi connectivity index (χ3v) is 8.97. The zero-order valence-corrected chi connectivity index (χ0v) is 16.8. The predicted octanol–water partition coefficient (Wildman–Crippen LogP) is 3.09. The van der Waals surface area contributed by atoms with Gasteiger partial charge in [-0.1, -0.05) is 19.3 Å². The fraction of sp³-hybridized carbons (Fsp3) is 0.611. The lowest BCUT2D eigenvalue weighted by molar-refractivity contribution is 0.111. The number of aromatic nitrogens is 2. The molecule has 8 heteroatoms. The quantitative estimate of drug-likeness (QED) is 0.865. The molecule has 1 saturated carbocycles. The van der Waals surface area contributed by atoms with E-state index in [1.165, 1.54) is 43.4 Å². The number of thiophene rings is 1. The molecule has 1 aliphatic heterocycles. The van der Waals surface area contributed by atoms with Crippen LogP contribution >= 0.6 is 11.3 Å². The topological polar surface area (TPSA) is 69.3 Å². The Morgan fingerprint density at radius 1 is 1.12 bits per heavy atom. The molecule has 2 aromatic rings. The lowest BCUT2D eigenvalue weighted by Crippen LogP contribution is -2.52. The van der Waals surface area contributed by atoms with Gasteiger partial charge in [-0.05, 0) is 38.0 Å². The number of aromatic amines is 1. The zero-order valence-electron chi connectivity index (χ0n) is 15.1. The summed E-state index contributed by atoms with van der Waals surface area (Å²) >= 11 is 1.30. The van der Waals surface area contributed by atoms with Crippen LogP contribution in [0.2, 0.25) is 0 Å². The van der Waals surface area contributed by atoms with E-state index in [2.05, 4.69) is 15.1 Å². The molecule has 2 aromatic heterocycles. The highest BCUT2D eigenvalue weighted by atomic mass is 32.2. The Kier molecular flexibility index (Phi) is 5.18. The summed E-state index contributed by atoms with van der Waals surface area (Å²) in [7, 11) is -3.41. The summed E-state index contributed by atoms with van der Waals surface area (Å²) in [6.45, 7) is 4.82. The Hall–Kier alpha value is -1.22. The molecule has 0 atom stereocenters. The molecule has 0 amide bonds. The van der Waals surface area contributed by atoms with Gasteiger partial charge in [-0.15, -0.1) is 11.3 Å². The normalized spacial score (nSPS) is 21.3. The van der Waals surface area contributed by atoms with Crippen molar-refractivity contribution < 1.29 is 8.42 Å². The number of piperazine rings is 1. The Labute approximate surface area is 159 Å². The fourth-order valence-electron chi connectivity index (χ4n) is 4.02. The minimum Gasteiger partial charge on any atom is -0.298 e. The van der Waals surface area contributed by atoms with Crippen molar-refractivity contribution in [3.05, 3.63) is 23.9 Å². The Morgan fingerprint density at radius 2 is 1.85 bits per heavy atom. The first-order chi connectivity index (χ1) is 12.5. The van der Waals surface area contributed by atoms with Crippen LogP contribution in [0, 0.1) is 6.92 Å². The second-order valence-corrected chi connectivity index (χ2v) is 10.5. The summed E-state index contributed by atoms with van der Waals surface area (Å²) in [6.07, 6.45) is 6.51. The van der Waals surface area contributed by atoms with Crippen LogP contribution in [-0.2, 0) is 10.0 Å². The molecule has 2 fully saturated rings. The molecular formula is C18H26N4O2S2. The molecule has 0 spiro atoms. The van der Waals surface area contributed by atoms with Crippen LogP contribution in [0.3, 0.4) is 0 Å². The van der Waals surface area contributed by atoms with Gasteiger partial charge in [0.05, 0.1) is 4.88 Å². The third kappa shape index (κ3) is 3.60. The van der Waals surface area contributed by atoms with E-state index in [-0.39, 0.29) is 0 Å². The van der Waals surface area contributed by atoms with E-state index in [1.807, 2.05) is 19.1 Å². The molecule has 1 aliphatic carbocycles. The van der Waals surface area contributed by atoms with Crippen molar-refractivity contribution >= 4 is 21.4 Å². The molecular weight excluding hydrogens is 368 g/mol. The Balaban J connectivity index is 1.43. The molecule has 26 heavy (non-hydrogen) atoms. The van der Waals surface area contributed by atoms with Crippen LogP contribution < -0.4 is 0 Å². The summed E-state index contributed by atoms with van der Waals surface area (Å²) in [5, 5.41) is 7.13. The van der Waals surface area contributed by atoms with Crippen LogP contribution in [-0.4, -0.2) is 60.0 Å². The van der Waals surface area contributed by atoms with Crippen molar-refractivity contribution in [1.82, 2.24) is 19.4 Å². The monoisotopic (exact) mass is 394 g/mol. The van der Waals surface area contributed by atoms with Gasteiger partial charge in [0.2, 0.25) is 0 Å². The molecule has 0 bridgehead atoms. The first-order valence-corrected chi connectivity index (χ1v) is 11.7. The molecule has 3 heterocycles. The highest BCUT2D eigenvalue weighted by Gasteiger charge is 2.32. The third-order valence-electron chi connectivity index (χ3n) is 5.50. The van der Waals surface area contributed by atoms with Gasteiger partial charge in [-0.2, -0.15) is 9.40 Å².